The molecule has 4 aromatic carbocycles. The highest BCUT2D eigenvalue weighted by Gasteiger charge is 2.62. The van der Waals surface area contributed by atoms with E-state index in [0.717, 1.165) is 12.3 Å². The fourth-order valence-electron chi connectivity index (χ4n) is 6.41. The van der Waals surface area contributed by atoms with Gasteiger partial charge in [-0.2, -0.15) is 0 Å². The zero-order chi connectivity index (χ0) is 24.7. The molecule has 0 unspecified atom stereocenters. The molecule has 3 fully saturated rings. The first-order chi connectivity index (χ1) is 18.3. The zero-order valence-corrected chi connectivity index (χ0v) is 21.2. The summed E-state index contributed by atoms with van der Waals surface area (Å²) in [5, 5.41) is 4.98. The topological polar surface area (TPSA) is 36.9 Å². The van der Waals surface area contributed by atoms with Crippen LogP contribution in [0.1, 0.15) is 36.8 Å². The molecule has 0 N–H and O–H groups in total. The summed E-state index contributed by atoms with van der Waals surface area (Å²) in [5.74, 6) is 0.872. The van der Waals surface area contributed by atoms with Crippen molar-refractivity contribution in [2.45, 2.75) is 56.9 Å². The summed E-state index contributed by atoms with van der Waals surface area (Å²) in [6.07, 6.45) is 4.47. The minimum Gasteiger partial charge on any atom is -0.374 e. The smallest absolute Gasteiger partial charge is 0.172 e. The molecule has 2 saturated carbocycles. The first-order valence-corrected chi connectivity index (χ1v) is 13.7. The van der Waals surface area contributed by atoms with Gasteiger partial charge in [-0.25, -0.2) is 0 Å². The molecule has 1 aliphatic heterocycles. The molecule has 3 aliphatic rings. The number of hydrogen-bond donors (Lipinski definition) is 0. The van der Waals surface area contributed by atoms with Crippen LogP contribution in [0.3, 0.4) is 0 Å². The Morgan fingerprint density at radius 1 is 0.676 bits per heavy atom. The molecule has 2 aliphatic carbocycles. The van der Waals surface area contributed by atoms with Crippen LogP contribution in [-0.2, 0) is 32.2 Å². The van der Waals surface area contributed by atoms with Crippen molar-refractivity contribution in [3.8, 4) is 0 Å². The number of fused-ring (bicyclic) bond motifs is 4. The molecule has 37 heavy (non-hydrogen) atoms. The normalized spacial score (nSPS) is 26.1. The average Bonchev–Trinajstić information content (AvgIpc) is 3.66. The van der Waals surface area contributed by atoms with E-state index >= 15 is 0 Å². The third-order valence-electron chi connectivity index (χ3n) is 8.43. The highest BCUT2D eigenvalue weighted by Crippen LogP contribution is 2.59. The summed E-state index contributed by atoms with van der Waals surface area (Å²) in [5.41, 5.74) is 2.35. The van der Waals surface area contributed by atoms with Crippen molar-refractivity contribution in [1.29, 1.82) is 0 Å². The van der Waals surface area contributed by atoms with Crippen LogP contribution in [0.4, 0.5) is 0 Å². The van der Waals surface area contributed by atoms with Gasteiger partial charge in [0.05, 0.1) is 26.4 Å². The second kappa shape index (κ2) is 9.85. The summed E-state index contributed by atoms with van der Waals surface area (Å²) in [6.45, 7) is 2.15. The molecule has 0 bridgehead atoms. The van der Waals surface area contributed by atoms with E-state index in [-0.39, 0.29) is 12.2 Å². The lowest BCUT2D eigenvalue weighted by Crippen LogP contribution is -2.37. The average molecular weight is 495 g/mol. The molecular weight excluding hydrogens is 460 g/mol. The van der Waals surface area contributed by atoms with Gasteiger partial charge in [0.25, 0.3) is 0 Å². The van der Waals surface area contributed by atoms with Crippen LogP contribution in [0, 0.1) is 11.8 Å². The fraction of sp³-hybridized carbons (Fsp3) is 0.394. The predicted octanol–water partition coefficient (Wildman–Crippen LogP) is 7.03. The molecule has 1 saturated heterocycles. The van der Waals surface area contributed by atoms with Crippen LogP contribution in [0.15, 0.2) is 84.9 Å². The first-order valence-electron chi connectivity index (χ1n) is 13.7. The van der Waals surface area contributed by atoms with Gasteiger partial charge in [-0.1, -0.05) is 72.8 Å². The van der Waals surface area contributed by atoms with Gasteiger partial charge in [0, 0.05) is 12.3 Å². The van der Waals surface area contributed by atoms with Crippen LogP contribution in [0.25, 0.3) is 21.5 Å². The van der Waals surface area contributed by atoms with Gasteiger partial charge in [-0.3, -0.25) is 0 Å². The molecule has 4 aromatic rings. The Morgan fingerprint density at radius 3 is 1.78 bits per heavy atom. The van der Waals surface area contributed by atoms with E-state index in [4.69, 9.17) is 18.9 Å². The van der Waals surface area contributed by atoms with E-state index in [1.54, 1.807) is 0 Å². The summed E-state index contributed by atoms with van der Waals surface area (Å²) < 4.78 is 25.8. The van der Waals surface area contributed by atoms with Gasteiger partial charge in [-0.15, -0.1) is 0 Å². The Kier molecular flexibility index (Phi) is 6.22. The maximum atomic E-state index is 6.70. The second-order valence-corrected chi connectivity index (χ2v) is 11.0. The molecule has 0 amide bonds. The predicted molar refractivity (Wildman–Crippen MR) is 145 cm³/mol. The number of ether oxygens (including phenoxy) is 4. The third-order valence-corrected chi connectivity index (χ3v) is 8.43. The molecule has 0 radical (unpaired) electrons. The van der Waals surface area contributed by atoms with Crippen molar-refractivity contribution in [2.75, 3.05) is 13.2 Å². The summed E-state index contributed by atoms with van der Waals surface area (Å²) in [4.78, 5) is 0. The van der Waals surface area contributed by atoms with E-state index in [1.807, 2.05) is 0 Å². The Hall–Kier alpha value is -2.76. The number of hydrogen-bond acceptors (Lipinski definition) is 4. The lowest BCUT2D eigenvalue weighted by atomic mass is 9.94. The molecule has 190 valence electrons. The summed E-state index contributed by atoms with van der Waals surface area (Å²) in [7, 11) is 0. The second-order valence-electron chi connectivity index (χ2n) is 11.0. The number of rotatable bonds is 8. The van der Waals surface area contributed by atoms with Crippen LogP contribution in [0.5, 0.6) is 0 Å². The molecule has 1 spiro atoms. The van der Waals surface area contributed by atoms with Gasteiger partial charge < -0.3 is 18.9 Å². The van der Waals surface area contributed by atoms with Crippen LogP contribution >= 0.6 is 0 Å². The molecular formula is C33H34O4. The van der Waals surface area contributed by atoms with Crippen LogP contribution < -0.4 is 0 Å². The van der Waals surface area contributed by atoms with E-state index in [1.165, 1.54) is 51.9 Å². The Bertz CT molecular complexity index is 1300. The Balaban J connectivity index is 1.00. The molecule has 4 atom stereocenters. The largest absolute Gasteiger partial charge is 0.374 e. The summed E-state index contributed by atoms with van der Waals surface area (Å²) >= 11 is 0. The van der Waals surface area contributed by atoms with Crippen LogP contribution in [-0.4, -0.2) is 31.2 Å². The lowest BCUT2D eigenvalue weighted by Gasteiger charge is -2.32. The van der Waals surface area contributed by atoms with Gasteiger partial charge in [-0.05, 0) is 70.0 Å². The Labute approximate surface area is 218 Å². The minimum absolute atomic E-state index is 0.114. The molecule has 7 rings (SSSR count). The molecule has 1 heterocycles. The molecule has 4 heteroatoms. The molecule has 0 aromatic heterocycles. The van der Waals surface area contributed by atoms with Crippen molar-refractivity contribution in [2.24, 2.45) is 11.8 Å². The van der Waals surface area contributed by atoms with Crippen molar-refractivity contribution < 1.29 is 18.9 Å². The molecule has 4 nitrogen and oxygen atoms in total. The Morgan fingerprint density at radius 2 is 1.22 bits per heavy atom. The van der Waals surface area contributed by atoms with Gasteiger partial charge in [0.15, 0.2) is 5.79 Å². The van der Waals surface area contributed by atoms with Crippen molar-refractivity contribution in [3.63, 3.8) is 0 Å². The van der Waals surface area contributed by atoms with Crippen molar-refractivity contribution >= 4 is 21.5 Å². The van der Waals surface area contributed by atoms with Gasteiger partial charge >= 0.3 is 0 Å². The number of benzene rings is 4. The minimum atomic E-state index is -0.434. The highest BCUT2D eigenvalue weighted by molar-refractivity contribution is 5.83. The van der Waals surface area contributed by atoms with E-state index in [0.29, 0.717) is 32.3 Å². The maximum Gasteiger partial charge on any atom is 0.172 e. The first kappa shape index (κ1) is 23.4. The van der Waals surface area contributed by atoms with Gasteiger partial charge in [0.2, 0.25) is 0 Å². The summed E-state index contributed by atoms with van der Waals surface area (Å²) in [6, 6.07) is 29.9. The van der Waals surface area contributed by atoms with Gasteiger partial charge in [0.1, 0.15) is 12.2 Å². The monoisotopic (exact) mass is 494 g/mol. The zero-order valence-electron chi connectivity index (χ0n) is 21.2. The van der Waals surface area contributed by atoms with Crippen LogP contribution in [0.2, 0.25) is 0 Å². The quantitative estimate of drug-likeness (QED) is 0.264. The third kappa shape index (κ3) is 4.80. The van der Waals surface area contributed by atoms with Crippen molar-refractivity contribution in [3.05, 3.63) is 96.1 Å². The maximum absolute atomic E-state index is 6.70. The van der Waals surface area contributed by atoms with Crippen molar-refractivity contribution in [1.82, 2.24) is 0 Å². The van der Waals surface area contributed by atoms with E-state index in [2.05, 4.69) is 84.9 Å². The SMILES string of the molecule is c1ccc2cc(COC[C@@H]3OC4(CCC[C@@H]5C[C@@H]54)O[C@H]3COCc3ccc4ccccc4c3)ccc2c1. The lowest BCUT2D eigenvalue weighted by molar-refractivity contribution is -0.211. The fourth-order valence-corrected chi connectivity index (χ4v) is 6.41. The van der Waals surface area contributed by atoms with E-state index < -0.39 is 5.79 Å². The standard InChI is InChI=1S/C33H34O4/c1-3-8-27-16-23(11-13-25(27)6-1)19-34-21-31-32(37-33(36-31)15-5-10-29-18-30(29)33)22-35-20-24-12-14-26-7-2-4-9-28(26)17-24/h1-4,6-9,11-14,16-17,29-32H,5,10,15,18-22H2/t29-,30+,31+,32+/m1/s1. The highest BCUT2D eigenvalue weighted by atomic mass is 16.8. The van der Waals surface area contributed by atoms with E-state index in [9.17, 15) is 0 Å².